The summed E-state index contributed by atoms with van der Waals surface area (Å²) in [4.78, 5) is 17.7. The van der Waals surface area contributed by atoms with E-state index in [-0.39, 0.29) is 17.6 Å². The van der Waals surface area contributed by atoms with Crippen molar-refractivity contribution in [3.05, 3.63) is 94.2 Å². The van der Waals surface area contributed by atoms with Gasteiger partial charge in [-0.2, -0.15) is 0 Å². The maximum atomic E-state index is 13.1. The molecule has 0 unspecified atom stereocenters. The fourth-order valence-electron chi connectivity index (χ4n) is 3.45. The van der Waals surface area contributed by atoms with E-state index in [4.69, 9.17) is 0 Å². The van der Waals surface area contributed by atoms with Crippen LogP contribution in [0, 0.1) is 6.92 Å². The van der Waals surface area contributed by atoms with Crippen LogP contribution >= 0.6 is 15.9 Å². The number of rotatable bonds is 5. The number of anilines is 1. The molecule has 0 aliphatic heterocycles. The largest absolute Gasteiger partial charge is 0.319 e. The average Bonchev–Trinajstić information content (AvgIpc) is 3.21. The van der Waals surface area contributed by atoms with E-state index in [2.05, 4.69) is 45.2 Å². The lowest BCUT2D eigenvalue weighted by Gasteiger charge is -2.13. The third-order valence-corrected chi connectivity index (χ3v) is 5.56. The lowest BCUT2D eigenvalue weighted by Crippen LogP contribution is -2.16. The maximum absolute atomic E-state index is 13.1. The smallest absolute Gasteiger partial charge is 0.295 e. The van der Waals surface area contributed by atoms with Crippen molar-refractivity contribution in [2.24, 2.45) is 0 Å². The Morgan fingerprint density at radius 2 is 1.71 bits per heavy atom. The van der Waals surface area contributed by atoms with Crippen LogP contribution in [0.4, 0.5) is 5.69 Å². The first kappa shape index (κ1) is 21.0. The number of aromatic nitrogens is 3. The van der Waals surface area contributed by atoms with Crippen molar-refractivity contribution < 1.29 is 4.79 Å². The van der Waals surface area contributed by atoms with E-state index in [9.17, 15) is 4.79 Å². The maximum Gasteiger partial charge on any atom is 0.295 e. The molecule has 1 N–H and O–H groups in total. The minimum absolute atomic E-state index is 0.125. The van der Waals surface area contributed by atoms with Gasteiger partial charge in [-0.3, -0.25) is 4.79 Å². The van der Waals surface area contributed by atoms with E-state index in [0.29, 0.717) is 5.82 Å². The molecule has 0 saturated carbocycles. The lowest BCUT2D eigenvalue weighted by molar-refractivity contribution is 0.101. The zero-order chi connectivity index (χ0) is 22.0. The Morgan fingerprint density at radius 1 is 1.00 bits per heavy atom. The fourth-order valence-corrected chi connectivity index (χ4v) is 3.83. The predicted molar refractivity (Wildman–Crippen MR) is 128 cm³/mol. The van der Waals surface area contributed by atoms with Crippen LogP contribution in [0.25, 0.3) is 17.1 Å². The van der Waals surface area contributed by atoms with Gasteiger partial charge < -0.3 is 5.32 Å². The molecule has 3 aromatic carbocycles. The number of nitrogens with zero attached hydrogens (tertiary/aromatic N) is 3. The second kappa shape index (κ2) is 8.86. The number of hydrogen-bond acceptors (Lipinski definition) is 3. The molecular formula is C25H23BrN4O. The second-order valence-corrected chi connectivity index (χ2v) is 8.58. The summed E-state index contributed by atoms with van der Waals surface area (Å²) in [5.41, 5.74) is 4.64. The van der Waals surface area contributed by atoms with E-state index in [0.717, 1.165) is 32.5 Å². The average molecular weight is 475 g/mol. The topological polar surface area (TPSA) is 59.8 Å². The molecule has 1 amide bonds. The standard InChI is InChI=1S/C25H23BrN4O/c1-16(2)20-15-19(26)13-14-21(20)27-25(31)23-28-24(18-10-5-4-6-11-18)30(29-23)22-12-8-7-9-17(22)3/h4-16H,1-3H3,(H,27,31). The lowest BCUT2D eigenvalue weighted by atomic mass is 10.0. The van der Waals surface area contributed by atoms with Crippen molar-refractivity contribution in [1.82, 2.24) is 14.8 Å². The Hall–Kier alpha value is -3.25. The summed E-state index contributed by atoms with van der Waals surface area (Å²) in [6.45, 7) is 6.20. The Labute approximate surface area is 190 Å². The van der Waals surface area contributed by atoms with Crippen LogP contribution in [0.2, 0.25) is 0 Å². The van der Waals surface area contributed by atoms with Crippen LogP contribution in [0.5, 0.6) is 0 Å². The van der Waals surface area contributed by atoms with Crippen molar-refractivity contribution in [3.8, 4) is 17.1 Å². The molecule has 5 nitrogen and oxygen atoms in total. The van der Waals surface area contributed by atoms with Gasteiger partial charge in [-0.25, -0.2) is 9.67 Å². The monoisotopic (exact) mass is 474 g/mol. The van der Waals surface area contributed by atoms with Crippen molar-refractivity contribution in [1.29, 1.82) is 0 Å². The molecule has 0 aliphatic rings. The zero-order valence-corrected chi connectivity index (χ0v) is 19.2. The van der Waals surface area contributed by atoms with Crippen molar-refractivity contribution >= 4 is 27.5 Å². The quantitative estimate of drug-likeness (QED) is 0.364. The Kier molecular flexibility index (Phi) is 6.00. The van der Waals surface area contributed by atoms with Gasteiger partial charge in [-0.05, 0) is 48.2 Å². The van der Waals surface area contributed by atoms with E-state index in [1.165, 1.54) is 0 Å². The van der Waals surface area contributed by atoms with Gasteiger partial charge in [0.25, 0.3) is 5.91 Å². The van der Waals surface area contributed by atoms with Crippen molar-refractivity contribution in [2.75, 3.05) is 5.32 Å². The van der Waals surface area contributed by atoms with Gasteiger partial charge in [0, 0.05) is 15.7 Å². The van der Waals surface area contributed by atoms with Crippen LogP contribution in [0.15, 0.2) is 77.3 Å². The van der Waals surface area contributed by atoms with Crippen molar-refractivity contribution in [3.63, 3.8) is 0 Å². The van der Waals surface area contributed by atoms with Gasteiger partial charge in [0.15, 0.2) is 5.82 Å². The van der Waals surface area contributed by atoms with Crippen LogP contribution in [0.1, 0.15) is 41.5 Å². The van der Waals surface area contributed by atoms with Crippen molar-refractivity contribution in [2.45, 2.75) is 26.7 Å². The molecule has 0 aliphatic carbocycles. The molecule has 1 heterocycles. The molecule has 0 saturated heterocycles. The summed E-state index contributed by atoms with van der Waals surface area (Å²) in [6, 6.07) is 23.5. The number of halogens is 1. The Balaban J connectivity index is 1.76. The number of benzene rings is 3. The molecule has 4 rings (SSSR count). The molecule has 4 aromatic rings. The van der Waals surface area contributed by atoms with E-state index in [1.807, 2.05) is 79.7 Å². The third-order valence-electron chi connectivity index (χ3n) is 5.07. The predicted octanol–water partition coefficient (Wildman–Crippen LogP) is 6.38. The van der Waals surface area contributed by atoms with Gasteiger partial charge in [-0.15, -0.1) is 5.10 Å². The van der Waals surface area contributed by atoms with Crippen LogP contribution < -0.4 is 5.32 Å². The summed E-state index contributed by atoms with van der Waals surface area (Å²) in [5, 5.41) is 7.59. The number of nitrogens with one attached hydrogen (secondary N) is 1. The van der Waals surface area contributed by atoms with E-state index in [1.54, 1.807) is 4.68 Å². The summed E-state index contributed by atoms with van der Waals surface area (Å²) < 4.78 is 2.72. The first-order valence-corrected chi connectivity index (χ1v) is 10.9. The molecule has 0 spiro atoms. The van der Waals surface area contributed by atoms with Gasteiger partial charge in [0.05, 0.1) is 5.69 Å². The molecule has 1 aromatic heterocycles. The number of para-hydroxylation sites is 1. The minimum atomic E-state index is -0.339. The SMILES string of the molecule is Cc1ccccc1-n1nc(C(=O)Nc2ccc(Br)cc2C(C)C)nc1-c1ccccc1. The highest BCUT2D eigenvalue weighted by Crippen LogP contribution is 2.28. The molecule has 0 atom stereocenters. The molecule has 0 fully saturated rings. The van der Waals surface area contributed by atoms with Crippen LogP contribution in [-0.2, 0) is 0 Å². The first-order valence-electron chi connectivity index (χ1n) is 10.1. The Bertz CT molecular complexity index is 1230. The highest BCUT2D eigenvalue weighted by molar-refractivity contribution is 9.10. The number of hydrogen-bond donors (Lipinski definition) is 1. The van der Waals surface area contributed by atoms with Crippen LogP contribution in [-0.4, -0.2) is 20.7 Å². The van der Waals surface area contributed by atoms with E-state index < -0.39 is 0 Å². The third kappa shape index (κ3) is 4.44. The Morgan fingerprint density at radius 3 is 2.42 bits per heavy atom. The number of carbonyl (C=O) groups is 1. The van der Waals surface area contributed by atoms with Gasteiger partial charge in [0.1, 0.15) is 0 Å². The van der Waals surface area contributed by atoms with Crippen LogP contribution in [0.3, 0.4) is 0 Å². The number of carbonyl (C=O) groups excluding carboxylic acids is 1. The fraction of sp³-hybridized carbons (Fsp3) is 0.160. The molecular weight excluding hydrogens is 452 g/mol. The first-order chi connectivity index (χ1) is 14.9. The second-order valence-electron chi connectivity index (χ2n) is 7.66. The highest BCUT2D eigenvalue weighted by atomic mass is 79.9. The summed E-state index contributed by atoms with van der Waals surface area (Å²) in [5.74, 6) is 0.665. The van der Waals surface area contributed by atoms with Gasteiger partial charge in [-0.1, -0.05) is 78.3 Å². The minimum Gasteiger partial charge on any atom is -0.319 e. The van der Waals surface area contributed by atoms with Gasteiger partial charge >= 0.3 is 0 Å². The zero-order valence-electron chi connectivity index (χ0n) is 17.6. The highest BCUT2D eigenvalue weighted by Gasteiger charge is 2.21. The van der Waals surface area contributed by atoms with Gasteiger partial charge in [0.2, 0.25) is 5.82 Å². The number of aryl methyl sites for hydroxylation is 1. The molecule has 6 heteroatoms. The van der Waals surface area contributed by atoms with E-state index >= 15 is 0 Å². The normalized spacial score (nSPS) is 11.0. The molecule has 0 bridgehead atoms. The summed E-state index contributed by atoms with van der Waals surface area (Å²) in [7, 11) is 0. The summed E-state index contributed by atoms with van der Waals surface area (Å²) in [6.07, 6.45) is 0. The molecule has 31 heavy (non-hydrogen) atoms. The molecule has 0 radical (unpaired) electrons. The summed E-state index contributed by atoms with van der Waals surface area (Å²) >= 11 is 3.51. The number of amides is 1. The molecule has 156 valence electrons.